The molecule has 1 aromatic carbocycles. The van der Waals surface area contributed by atoms with Crippen LogP contribution in [0.1, 0.15) is 28.0 Å². The number of hydrazine groups is 1. The van der Waals surface area contributed by atoms with E-state index in [0.29, 0.717) is 0 Å². The Morgan fingerprint density at radius 3 is 2.76 bits per heavy atom. The van der Waals surface area contributed by atoms with Crippen LogP contribution in [0.15, 0.2) is 35.7 Å². The third kappa shape index (κ3) is 2.95. The Morgan fingerprint density at radius 1 is 1.24 bits per heavy atom. The van der Waals surface area contributed by atoms with E-state index in [1.165, 1.54) is 10.9 Å². The fraction of sp³-hybridized carbons (Fsp3) is 0.250. The number of benzene rings is 1. The zero-order valence-electron chi connectivity index (χ0n) is 12.1. The Bertz CT molecular complexity index is 766. The zero-order chi connectivity index (χ0) is 14.8. The summed E-state index contributed by atoms with van der Waals surface area (Å²) in [5, 5.41) is 4.33. The van der Waals surface area contributed by atoms with Crippen molar-refractivity contribution in [3.63, 3.8) is 0 Å². The molecule has 0 fully saturated rings. The van der Waals surface area contributed by atoms with Crippen molar-refractivity contribution in [1.82, 2.24) is 15.4 Å². The van der Waals surface area contributed by atoms with E-state index in [9.17, 15) is 0 Å². The predicted molar refractivity (Wildman–Crippen MR) is 87.1 cm³/mol. The summed E-state index contributed by atoms with van der Waals surface area (Å²) in [5.74, 6) is 5.74. The molecule has 5 heteroatoms. The lowest BCUT2D eigenvalue weighted by Gasteiger charge is -2.16. The van der Waals surface area contributed by atoms with Crippen LogP contribution in [0.3, 0.4) is 0 Å². The second kappa shape index (κ2) is 5.89. The van der Waals surface area contributed by atoms with Crippen LogP contribution >= 0.6 is 11.3 Å². The van der Waals surface area contributed by atoms with Gasteiger partial charge in [0.1, 0.15) is 0 Å². The number of aryl methyl sites for hydroxylation is 2. The first-order valence-electron chi connectivity index (χ1n) is 6.91. The van der Waals surface area contributed by atoms with Crippen LogP contribution in [-0.4, -0.2) is 9.97 Å². The van der Waals surface area contributed by atoms with Crippen LogP contribution in [0.5, 0.6) is 0 Å². The van der Waals surface area contributed by atoms with E-state index < -0.39 is 0 Å². The molecule has 0 radical (unpaired) electrons. The molecular formula is C16H18N4S. The van der Waals surface area contributed by atoms with Gasteiger partial charge in [0, 0.05) is 17.2 Å². The third-order valence-corrected chi connectivity index (χ3v) is 4.40. The topological polar surface area (TPSA) is 63.8 Å². The summed E-state index contributed by atoms with van der Waals surface area (Å²) in [7, 11) is 0. The number of fused-ring (bicyclic) bond motifs is 1. The molecule has 0 saturated carbocycles. The molecule has 0 saturated heterocycles. The average molecular weight is 298 g/mol. The van der Waals surface area contributed by atoms with Gasteiger partial charge in [0.05, 0.1) is 28.0 Å². The van der Waals surface area contributed by atoms with Crippen LogP contribution in [0.25, 0.3) is 10.9 Å². The summed E-state index contributed by atoms with van der Waals surface area (Å²) in [6, 6.07) is 10.2. The fourth-order valence-corrected chi connectivity index (χ4v) is 3.14. The highest BCUT2D eigenvalue weighted by Crippen LogP contribution is 2.23. The van der Waals surface area contributed by atoms with Crippen molar-refractivity contribution in [2.24, 2.45) is 5.84 Å². The molecule has 0 spiro atoms. The monoisotopic (exact) mass is 298 g/mol. The highest BCUT2D eigenvalue weighted by molar-refractivity contribution is 7.09. The molecule has 108 valence electrons. The molecule has 0 aliphatic carbocycles. The van der Waals surface area contributed by atoms with Gasteiger partial charge in [0.15, 0.2) is 0 Å². The number of nitrogens with two attached hydrogens (primary N) is 1. The lowest BCUT2D eigenvalue weighted by molar-refractivity contribution is 0.535. The van der Waals surface area contributed by atoms with E-state index >= 15 is 0 Å². The molecule has 0 amide bonds. The van der Waals surface area contributed by atoms with Crippen molar-refractivity contribution in [1.29, 1.82) is 0 Å². The minimum absolute atomic E-state index is 0.0326. The van der Waals surface area contributed by atoms with E-state index in [-0.39, 0.29) is 6.04 Å². The van der Waals surface area contributed by atoms with Crippen LogP contribution in [0.4, 0.5) is 0 Å². The van der Waals surface area contributed by atoms with Crippen LogP contribution in [-0.2, 0) is 6.42 Å². The second-order valence-corrected chi connectivity index (χ2v) is 6.22. The standard InChI is InChI=1S/C16H18N4S/c1-10-7-15(19-14-6-4-3-5-13(10)14)16(20-17)8-12-9-21-11(2)18-12/h3-7,9,16,20H,8,17H2,1-2H3. The normalized spacial score (nSPS) is 12.7. The molecule has 2 aromatic heterocycles. The van der Waals surface area contributed by atoms with E-state index in [1.54, 1.807) is 11.3 Å². The molecule has 1 atom stereocenters. The fourth-order valence-electron chi connectivity index (χ4n) is 2.51. The first-order chi connectivity index (χ1) is 10.2. The number of nitrogens with one attached hydrogen (secondary N) is 1. The van der Waals surface area contributed by atoms with Crippen molar-refractivity contribution < 1.29 is 0 Å². The van der Waals surface area contributed by atoms with Crippen LogP contribution in [0, 0.1) is 13.8 Å². The highest BCUT2D eigenvalue weighted by Gasteiger charge is 2.15. The van der Waals surface area contributed by atoms with Crippen molar-refractivity contribution in [3.8, 4) is 0 Å². The van der Waals surface area contributed by atoms with Gasteiger partial charge in [-0.2, -0.15) is 0 Å². The molecule has 0 aliphatic heterocycles. The summed E-state index contributed by atoms with van der Waals surface area (Å²) in [6.45, 7) is 4.12. The first kappa shape index (κ1) is 14.1. The Labute approximate surface area is 128 Å². The van der Waals surface area contributed by atoms with Crippen molar-refractivity contribution in [2.75, 3.05) is 0 Å². The minimum atomic E-state index is -0.0326. The minimum Gasteiger partial charge on any atom is -0.271 e. The molecule has 1 unspecified atom stereocenters. The maximum atomic E-state index is 5.74. The van der Waals surface area contributed by atoms with Gasteiger partial charge >= 0.3 is 0 Å². The quantitative estimate of drug-likeness (QED) is 0.574. The number of pyridine rings is 1. The maximum Gasteiger partial charge on any atom is 0.0897 e. The van der Waals surface area contributed by atoms with Gasteiger partial charge in [-0.3, -0.25) is 16.3 Å². The third-order valence-electron chi connectivity index (χ3n) is 3.58. The molecule has 2 heterocycles. The molecule has 0 bridgehead atoms. The smallest absolute Gasteiger partial charge is 0.0897 e. The largest absolute Gasteiger partial charge is 0.271 e. The van der Waals surface area contributed by atoms with E-state index in [2.05, 4.69) is 34.8 Å². The summed E-state index contributed by atoms with van der Waals surface area (Å²) >= 11 is 1.66. The van der Waals surface area contributed by atoms with Crippen LogP contribution in [0.2, 0.25) is 0 Å². The van der Waals surface area contributed by atoms with E-state index in [4.69, 9.17) is 10.8 Å². The van der Waals surface area contributed by atoms with Gasteiger partial charge in [0.25, 0.3) is 0 Å². The van der Waals surface area contributed by atoms with Crippen LogP contribution < -0.4 is 11.3 Å². The molecule has 3 N–H and O–H groups in total. The Hall–Kier alpha value is -1.82. The number of thiazole rings is 1. The van der Waals surface area contributed by atoms with E-state index in [0.717, 1.165) is 28.3 Å². The number of hydrogen-bond acceptors (Lipinski definition) is 5. The zero-order valence-corrected chi connectivity index (χ0v) is 12.9. The van der Waals surface area contributed by atoms with Gasteiger partial charge in [0.2, 0.25) is 0 Å². The lowest BCUT2D eigenvalue weighted by atomic mass is 10.0. The van der Waals surface area contributed by atoms with Gasteiger partial charge in [-0.15, -0.1) is 11.3 Å². The summed E-state index contributed by atoms with van der Waals surface area (Å²) in [4.78, 5) is 9.25. The predicted octanol–water partition coefficient (Wildman–Crippen LogP) is 3.06. The molecule has 3 aromatic rings. The van der Waals surface area contributed by atoms with Crippen molar-refractivity contribution >= 4 is 22.2 Å². The molecule has 4 nitrogen and oxygen atoms in total. The van der Waals surface area contributed by atoms with Gasteiger partial charge < -0.3 is 0 Å². The lowest BCUT2D eigenvalue weighted by Crippen LogP contribution is -2.30. The highest BCUT2D eigenvalue weighted by atomic mass is 32.1. The Morgan fingerprint density at radius 2 is 2.05 bits per heavy atom. The molecule has 0 aliphatic rings. The number of para-hydroxylation sites is 1. The molecular weight excluding hydrogens is 280 g/mol. The second-order valence-electron chi connectivity index (χ2n) is 5.16. The average Bonchev–Trinajstić information content (AvgIpc) is 2.90. The van der Waals surface area contributed by atoms with Crippen molar-refractivity contribution in [3.05, 3.63) is 57.7 Å². The number of aromatic nitrogens is 2. The van der Waals surface area contributed by atoms with E-state index in [1.807, 2.05) is 25.1 Å². The molecule has 21 heavy (non-hydrogen) atoms. The number of rotatable bonds is 4. The Kier molecular flexibility index (Phi) is 3.96. The molecule has 3 rings (SSSR count). The maximum absolute atomic E-state index is 5.74. The summed E-state index contributed by atoms with van der Waals surface area (Å²) in [6.07, 6.45) is 0.742. The van der Waals surface area contributed by atoms with Gasteiger partial charge in [-0.05, 0) is 31.5 Å². The summed E-state index contributed by atoms with van der Waals surface area (Å²) < 4.78 is 0. The number of hydrogen-bond donors (Lipinski definition) is 2. The first-order valence-corrected chi connectivity index (χ1v) is 7.79. The summed E-state index contributed by atoms with van der Waals surface area (Å²) in [5.41, 5.74) is 7.09. The van der Waals surface area contributed by atoms with Gasteiger partial charge in [-0.1, -0.05) is 18.2 Å². The number of nitrogens with zero attached hydrogens (tertiary/aromatic N) is 2. The van der Waals surface area contributed by atoms with Crippen molar-refractivity contribution in [2.45, 2.75) is 26.3 Å². The van der Waals surface area contributed by atoms with Gasteiger partial charge in [-0.25, -0.2) is 4.98 Å². The Balaban J connectivity index is 1.96. The SMILES string of the molecule is Cc1nc(CC(NN)c2cc(C)c3ccccc3n2)cs1.